The highest BCUT2D eigenvalue weighted by molar-refractivity contribution is 6.03. The minimum Gasteiger partial charge on any atom is -0.355 e. The highest BCUT2D eigenvalue weighted by Gasteiger charge is 2.08. The topological polar surface area (TPSA) is 54.0 Å². The van der Waals surface area contributed by atoms with Gasteiger partial charge in [-0.05, 0) is 48.4 Å². The fourth-order valence-electron chi connectivity index (χ4n) is 2.34. The normalized spacial score (nSPS) is 10.2. The number of carbonyl (C=O) groups is 1. The van der Waals surface area contributed by atoms with Crippen LogP contribution in [0.1, 0.15) is 23.0 Å². The molecule has 0 aliphatic rings. The molecule has 0 aliphatic heterocycles. The SMILES string of the molecule is CCc1ccc(NC(=O)c2cc(Nc3ccccc3)ccn2)cc1. The van der Waals surface area contributed by atoms with E-state index in [9.17, 15) is 4.79 Å². The lowest BCUT2D eigenvalue weighted by molar-refractivity contribution is 0.102. The molecular formula is C20H19N3O. The molecule has 0 bridgehead atoms. The maximum atomic E-state index is 12.4. The van der Waals surface area contributed by atoms with Gasteiger partial charge in [0.05, 0.1) is 0 Å². The molecule has 120 valence electrons. The molecule has 1 heterocycles. The van der Waals surface area contributed by atoms with Crippen molar-refractivity contribution in [3.63, 3.8) is 0 Å². The van der Waals surface area contributed by atoms with Crippen LogP contribution in [0.25, 0.3) is 0 Å². The Labute approximate surface area is 141 Å². The van der Waals surface area contributed by atoms with E-state index < -0.39 is 0 Å². The number of amides is 1. The first-order valence-corrected chi connectivity index (χ1v) is 7.93. The molecule has 0 saturated carbocycles. The summed E-state index contributed by atoms with van der Waals surface area (Å²) in [4.78, 5) is 16.5. The van der Waals surface area contributed by atoms with Crippen molar-refractivity contribution in [2.24, 2.45) is 0 Å². The maximum absolute atomic E-state index is 12.4. The average Bonchev–Trinajstić information content (AvgIpc) is 2.63. The van der Waals surface area contributed by atoms with E-state index in [1.54, 1.807) is 12.3 Å². The van der Waals surface area contributed by atoms with Crippen molar-refractivity contribution in [3.05, 3.63) is 84.2 Å². The molecule has 0 saturated heterocycles. The summed E-state index contributed by atoms with van der Waals surface area (Å²) in [6.07, 6.45) is 2.60. The third-order valence-electron chi connectivity index (χ3n) is 3.68. The molecule has 3 rings (SSSR count). The van der Waals surface area contributed by atoms with Gasteiger partial charge in [-0.3, -0.25) is 9.78 Å². The highest BCUT2D eigenvalue weighted by atomic mass is 16.1. The summed E-state index contributed by atoms with van der Waals surface area (Å²) in [5.41, 5.74) is 4.16. The zero-order chi connectivity index (χ0) is 16.8. The van der Waals surface area contributed by atoms with Gasteiger partial charge in [0, 0.05) is 23.3 Å². The number of benzene rings is 2. The third-order valence-corrected chi connectivity index (χ3v) is 3.68. The first-order chi connectivity index (χ1) is 11.7. The van der Waals surface area contributed by atoms with Crippen molar-refractivity contribution >= 4 is 23.0 Å². The van der Waals surface area contributed by atoms with Crippen LogP contribution in [0.15, 0.2) is 72.9 Å². The van der Waals surface area contributed by atoms with Gasteiger partial charge in [0.2, 0.25) is 0 Å². The van der Waals surface area contributed by atoms with Crippen molar-refractivity contribution in [2.75, 3.05) is 10.6 Å². The number of para-hydroxylation sites is 1. The van der Waals surface area contributed by atoms with Crippen LogP contribution in [-0.2, 0) is 6.42 Å². The van der Waals surface area contributed by atoms with Gasteiger partial charge in [0.1, 0.15) is 5.69 Å². The lowest BCUT2D eigenvalue weighted by Gasteiger charge is -2.09. The Morgan fingerprint density at radius 3 is 2.38 bits per heavy atom. The van der Waals surface area contributed by atoms with Crippen LogP contribution >= 0.6 is 0 Å². The molecule has 0 aliphatic carbocycles. The van der Waals surface area contributed by atoms with Crippen LogP contribution in [0.2, 0.25) is 0 Å². The van der Waals surface area contributed by atoms with Crippen LogP contribution in [0.3, 0.4) is 0 Å². The van der Waals surface area contributed by atoms with Gasteiger partial charge < -0.3 is 10.6 Å². The lowest BCUT2D eigenvalue weighted by atomic mass is 10.1. The second-order valence-electron chi connectivity index (χ2n) is 5.43. The molecule has 2 aromatic carbocycles. The summed E-state index contributed by atoms with van der Waals surface area (Å²) in [7, 11) is 0. The molecule has 4 heteroatoms. The van der Waals surface area contributed by atoms with Crippen molar-refractivity contribution in [2.45, 2.75) is 13.3 Å². The summed E-state index contributed by atoms with van der Waals surface area (Å²) < 4.78 is 0. The summed E-state index contributed by atoms with van der Waals surface area (Å²) >= 11 is 0. The van der Waals surface area contributed by atoms with Crippen LogP contribution in [0.5, 0.6) is 0 Å². The van der Waals surface area contributed by atoms with Crippen molar-refractivity contribution < 1.29 is 4.79 Å². The van der Waals surface area contributed by atoms with E-state index in [0.29, 0.717) is 5.69 Å². The van der Waals surface area contributed by atoms with E-state index in [0.717, 1.165) is 23.5 Å². The van der Waals surface area contributed by atoms with Gasteiger partial charge in [-0.15, -0.1) is 0 Å². The average molecular weight is 317 g/mol. The fraction of sp³-hybridized carbons (Fsp3) is 0.100. The molecule has 1 aromatic heterocycles. The summed E-state index contributed by atoms with van der Waals surface area (Å²) in [6, 6.07) is 21.2. The number of anilines is 3. The number of hydrogen-bond acceptors (Lipinski definition) is 3. The van der Waals surface area contributed by atoms with Crippen LogP contribution in [-0.4, -0.2) is 10.9 Å². The first kappa shape index (κ1) is 15.7. The molecule has 3 aromatic rings. The van der Waals surface area contributed by atoms with Gasteiger partial charge in [0.15, 0.2) is 0 Å². The van der Waals surface area contributed by atoms with E-state index in [2.05, 4.69) is 22.5 Å². The van der Waals surface area contributed by atoms with E-state index in [1.807, 2.05) is 60.7 Å². The molecule has 24 heavy (non-hydrogen) atoms. The molecule has 0 fully saturated rings. The largest absolute Gasteiger partial charge is 0.355 e. The number of nitrogens with zero attached hydrogens (tertiary/aromatic N) is 1. The zero-order valence-electron chi connectivity index (χ0n) is 13.5. The van der Waals surface area contributed by atoms with Crippen LogP contribution in [0, 0.1) is 0 Å². The van der Waals surface area contributed by atoms with Gasteiger partial charge in [-0.2, -0.15) is 0 Å². The summed E-state index contributed by atoms with van der Waals surface area (Å²) in [6.45, 7) is 2.10. The van der Waals surface area contributed by atoms with E-state index in [4.69, 9.17) is 0 Å². The van der Waals surface area contributed by atoms with Gasteiger partial charge in [-0.25, -0.2) is 0 Å². The molecule has 0 atom stereocenters. The molecule has 0 spiro atoms. The predicted molar refractivity (Wildman–Crippen MR) is 97.7 cm³/mol. The number of nitrogens with one attached hydrogen (secondary N) is 2. The zero-order valence-corrected chi connectivity index (χ0v) is 13.5. The molecule has 2 N–H and O–H groups in total. The Kier molecular flexibility index (Phi) is 4.87. The van der Waals surface area contributed by atoms with E-state index in [1.165, 1.54) is 5.56 Å². The van der Waals surface area contributed by atoms with Crippen molar-refractivity contribution in [1.29, 1.82) is 0 Å². The minimum absolute atomic E-state index is 0.226. The Morgan fingerprint density at radius 1 is 0.917 bits per heavy atom. The van der Waals surface area contributed by atoms with Gasteiger partial charge in [0.25, 0.3) is 5.91 Å². The fourth-order valence-corrected chi connectivity index (χ4v) is 2.34. The van der Waals surface area contributed by atoms with Crippen molar-refractivity contribution in [3.8, 4) is 0 Å². The summed E-state index contributed by atoms with van der Waals surface area (Å²) in [5, 5.41) is 6.13. The molecule has 0 unspecified atom stereocenters. The molecule has 4 nitrogen and oxygen atoms in total. The third kappa shape index (κ3) is 3.98. The Morgan fingerprint density at radius 2 is 1.67 bits per heavy atom. The van der Waals surface area contributed by atoms with Crippen LogP contribution < -0.4 is 10.6 Å². The van der Waals surface area contributed by atoms with E-state index >= 15 is 0 Å². The van der Waals surface area contributed by atoms with Crippen molar-refractivity contribution in [1.82, 2.24) is 4.98 Å². The highest BCUT2D eigenvalue weighted by Crippen LogP contribution is 2.17. The minimum atomic E-state index is -0.226. The number of aryl methyl sites for hydroxylation is 1. The lowest BCUT2D eigenvalue weighted by Crippen LogP contribution is -2.13. The quantitative estimate of drug-likeness (QED) is 0.721. The Bertz CT molecular complexity index is 814. The molecule has 0 radical (unpaired) electrons. The van der Waals surface area contributed by atoms with Gasteiger partial charge in [-0.1, -0.05) is 37.3 Å². The number of aromatic nitrogens is 1. The summed E-state index contributed by atoms with van der Waals surface area (Å²) in [5.74, 6) is -0.226. The second-order valence-corrected chi connectivity index (χ2v) is 5.43. The Balaban J connectivity index is 1.71. The number of pyridine rings is 1. The second kappa shape index (κ2) is 7.42. The molecule has 1 amide bonds. The van der Waals surface area contributed by atoms with E-state index in [-0.39, 0.29) is 5.91 Å². The number of carbonyl (C=O) groups excluding carboxylic acids is 1. The Hall–Kier alpha value is -3.14. The number of hydrogen-bond donors (Lipinski definition) is 2. The first-order valence-electron chi connectivity index (χ1n) is 7.93. The number of rotatable bonds is 5. The predicted octanol–water partition coefficient (Wildman–Crippen LogP) is 4.64. The smallest absolute Gasteiger partial charge is 0.274 e. The monoisotopic (exact) mass is 317 g/mol. The maximum Gasteiger partial charge on any atom is 0.274 e. The van der Waals surface area contributed by atoms with Gasteiger partial charge >= 0.3 is 0 Å². The standard InChI is InChI=1S/C20H19N3O/c1-2-15-8-10-17(11-9-15)23-20(24)19-14-18(12-13-21-19)22-16-6-4-3-5-7-16/h3-14H,2H2,1H3,(H,21,22)(H,23,24). The molecular weight excluding hydrogens is 298 g/mol. The van der Waals surface area contributed by atoms with Crippen LogP contribution in [0.4, 0.5) is 17.1 Å².